The molecule has 0 aromatic heterocycles. The molecule has 4 atom stereocenters. The van der Waals surface area contributed by atoms with E-state index >= 15 is 0 Å². The number of allylic oxidation sites excluding steroid dienone is 1. The van der Waals surface area contributed by atoms with E-state index in [1.807, 2.05) is 0 Å². The van der Waals surface area contributed by atoms with Gasteiger partial charge in [0.2, 0.25) is 0 Å². The zero-order chi connectivity index (χ0) is 15.5. The van der Waals surface area contributed by atoms with Crippen molar-refractivity contribution in [2.75, 3.05) is 19.8 Å². The van der Waals surface area contributed by atoms with Crippen molar-refractivity contribution < 1.29 is 24.8 Å². The van der Waals surface area contributed by atoms with Crippen molar-refractivity contribution in [2.45, 2.75) is 69.9 Å². The molecule has 1 aliphatic heterocycles. The molecule has 1 heterocycles. The van der Waals surface area contributed by atoms with Gasteiger partial charge in [-0.15, -0.1) is 0 Å². The Morgan fingerprint density at radius 1 is 1.14 bits per heavy atom. The van der Waals surface area contributed by atoms with E-state index in [0.29, 0.717) is 6.61 Å². The van der Waals surface area contributed by atoms with Crippen LogP contribution in [0.4, 0.5) is 0 Å². The van der Waals surface area contributed by atoms with E-state index in [4.69, 9.17) is 14.6 Å². The van der Waals surface area contributed by atoms with E-state index in [1.165, 1.54) is 25.7 Å². The van der Waals surface area contributed by atoms with Gasteiger partial charge in [-0.3, -0.25) is 0 Å². The summed E-state index contributed by atoms with van der Waals surface area (Å²) in [6.45, 7) is 2.46. The van der Waals surface area contributed by atoms with Crippen molar-refractivity contribution in [3.63, 3.8) is 0 Å². The van der Waals surface area contributed by atoms with E-state index in [9.17, 15) is 10.2 Å². The third-order valence-electron chi connectivity index (χ3n) is 3.74. The topological polar surface area (TPSA) is 79.2 Å². The van der Waals surface area contributed by atoms with E-state index < -0.39 is 24.4 Å². The molecule has 0 aromatic carbocycles. The van der Waals surface area contributed by atoms with Crippen LogP contribution in [0, 0.1) is 0 Å². The van der Waals surface area contributed by atoms with Gasteiger partial charge in [0.15, 0.2) is 0 Å². The molecular formula is C16H30O5. The minimum atomic E-state index is -0.989. The molecule has 5 heteroatoms. The van der Waals surface area contributed by atoms with Gasteiger partial charge < -0.3 is 24.8 Å². The Morgan fingerprint density at radius 2 is 1.90 bits per heavy atom. The van der Waals surface area contributed by atoms with Crippen molar-refractivity contribution in [2.24, 2.45) is 0 Å². The number of unbranched alkanes of at least 4 members (excludes halogenated alkanes) is 4. The maximum absolute atomic E-state index is 9.93. The standard InChI is InChI=1S/C16H30O5/c1-2-3-4-5-6-7-8-9-10-20-16-13(18)12-21-14(11-17)15(16)19/h7-8,13-19H,2-6,9-12H2,1H3/b8-7+/t13-,14+,15+,16+/m0/s1. The quantitative estimate of drug-likeness (QED) is 0.420. The highest BCUT2D eigenvalue weighted by Crippen LogP contribution is 2.18. The molecule has 0 spiro atoms. The lowest BCUT2D eigenvalue weighted by molar-refractivity contribution is -0.210. The first-order chi connectivity index (χ1) is 10.2. The van der Waals surface area contributed by atoms with Gasteiger partial charge in [-0.1, -0.05) is 38.3 Å². The van der Waals surface area contributed by atoms with E-state index in [2.05, 4.69) is 19.1 Å². The average molecular weight is 302 g/mol. The first-order valence-electron chi connectivity index (χ1n) is 8.05. The fourth-order valence-corrected chi connectivity index (χ4v) is 2.42. The van der Waals surface area contributed by atoms with E-state index in [0.717, 1.165) is 12.8 Å². The maximum atomic E-state index is 9.93. The second-order valence-corrected chi connectivity index (χ2v) is 5.56. The SMILES string of the molecule is CCCCCC/C=C/CCO[C@H]1[C@H](O)[C@@H](CO)OC[C@@H]1O. The second kappa shape index (κ2) is 11.2. The zero-order valence-electron chi connectivity index (χ0n) is 13.0. The first-order valence-corrected chi connectivity index (χ1v) is 8.05. The summed E-state index contributed by atoms with van der Waals surface area (Å²) in [5.41, 5.74) is 0. The van der Waals surface area contributed by atoms with Crippen molar-refractivity contribution in [1.29, 1.82) is 0 Å². The molecule has 1 aliphatic rings. The van der Waals surface area contributed by atoms with Gasteiger partial charge in [0.25, 0.3) is 0 Å². The highest BCUT2D eigenvalue weighted by molar-refractivity contribution is 4.88. The first kappa shape index (κ1) is 18.6. The van der Waals surface area contributed by atoms with Crippen LogP contribution in [-0.4, -0.2) is 59.6 Å². The summed E-state index contributed by atoms with van der Waals surface area (Å²) in [6, 6.07) is 0. The van der Waals surface area contributed by atoms with Crippen LogP contribution in [0.25, 0.3) is 0 Å². The summed E-state index contributed by atoms with van der Waals surface area (Å²) >= 11 is 0. The number of ether oxygens (including phenoxy) is 2. The Balaban J connectivity index is 2.14. The fraction of sp³-hybridized carbons (Fsp3) is 0.875. The van der Waals surface area contributed by atoms with Crippen LogP contribution in [0.15, 0.2) is 12.2 Å². The molecule has 0 amide bonds. The lowest BCUT2D eigenvalue weighted by Crippen LogP contribution is -2.55. The van der Waals surface area contributed by atoms with E-state index in [-0.39, 0.29) is 13.2 Å². The highest BCUT2D eigenvalue weighted by atomic mass is 16.6. The van der Waals surface area contributed by atoms with Crippen LogP contribution >= 0.6 is 0 Å². The third-order valence-corrected chi connectivity index (χ3v) is 3.74. The Bertz CT molecular complexity index is 282. The molecule has 124 valence electrons. The second-order valence-electron chi connectivity index (χ2n) is 5.56. The number of hydrogen-bond donors (Lipinski definition) is 3. The Kier molecular flexibility index (Phi) is 9.87. The van der Waals surface area contributed by atoms with Gasteiger partial charge in [0.1, 0.15) is 24.4 Å². The monoisotopic (exact) mass is 302 g/mol. The molecule has 3 N–H and O–H groups in total. The van der Waals surface area contributed by atoms with Crippen LogP contribution in [-0.2, 0) is 9.47 Å². The third kappa shape index (κ3) is 6.89. The van der Waals surface area contributed by atoms with Gasteiger partial charge in [-0.05, 0) is 19.3 Å². The van der Waals surface area contributed by atoms with Gasteiger partial charge >= 0.3 is 0 Å². The molecule has 1 saturated heterocycles. The normalized spacial score (nSPS) is 30.1. The fourth-order valence-electron chi connectivity index (χ4n) is 2.42. The molecular weight excluding hydrogens is 272 g/mol. The summed E-state index contributed by atoms with van der Waals surface area (Å²) in [6.07, 6.45) is 7.94. The molecule has 21 heavy (non-hydrogen) atoms. The Hall–Kier alpha value is -0.460. The zero-order valence-corrected chi connectivity index (χ0v) is 13.0. The lowest BCUT2D eigenvalue weighted by Gasteiger charge is -2.37. The number of hydrogen-bond acceptors (Lipinski definition) is 5. The lowest BCUT2D eigenvalue weighted by atomic mass is 10.0. The smallest absolute Gasteiger partial charge is 0.114 e. The van der Waals surface area contributed by atoms with Crippen molar-refractivity contribution in [3.8, 4) is 0 Å². The summed E-state index contributed by atoms with van der Waals surface area (Å²) in [5.74, 6) is 0. The molecule has 1 fully saturated rings. The molecule has 0 radical (unpaired) electrons. The minimum absolute atomic E-state index is 0.0836. The Morgan fingerprint density at radius 3 is 2.62 bits per heavy atom. The molecule has 0 saturated carbocycles. The molecule has 0 unspecified atom stereocenters. The van der Waals surface area contributed by atoms with Gasteiger partial charge in [0.05, 0.1) is 19.8 Å². The van der Waals surface area contributed by atoms with Crippen molar-refractivity contribution in [3.05, 3.63) is 12.2 Å². The average Bonchev–Trinajstić information content (AvgIpc) is 2.48. The molecule has 0 bridgehead atoms. The van der Waals surface area contributed by atoms with Crippen LogP contribution in [0.2, 0.25) is 0 Å². The predicted octanol–water partition coefficient (Wildman–Crippen LogP) is 1.40. The van der Waals surface area contributed by atoms with Gasteiger partial charge in [-0.2, -0.15) is 0 Å². The predicted molar refractivity (Wildman–Crippen MR) is 81.1 cm³/mol. The van der Waals surface area contributed by atoms with Crippen LogP contribution in [0.5, 0.6) is 0 Å². The summed E-state index contributed by atoms with van der Waals surface area (Å²) in [5, 5.41) is 28.8. The summed E-state index contributed by atoms with van der Waals surface area (Å²) < 4.78 is 10.7. The largest absolute Gasteiger partial charge is 0.394 e. The Labute approximate surface area is 127 Å². The highest BCUT2D eigenvalue weighted by Gasteiger charge is 2.38. The van der Waals surface area contributed by atoms with Crippen molar-refractivity contribution >= 4 is 0 Å². The van der Waals surface area contributed by atoms with Crippen LogP contribution < -0.4 is 0 Å². The summed E-state index contributed by atoms with van der Waals surface area (Å²) in [7, 11) is 0. The van der Waals surface area contributed by atoms with Gasteiger partial charge in [0, 0.05) is 0 Å². The van der Waals surface area contributed by atoms with Gasteiger partial charge in [-0.25, -0.2) is 0 Å². The summed E-state index contributed by atoms with van der Waals surface area (Å²) in [4.78, 5) is 0. The molecule has 0 aromatic rings. The maximum Gasteiger partial charge on any atom is 0.114 e. The molecule has 0 aliphatic carbocycles. The van der Waals surface area contributed by atoms with Crippen LogP contribution in [0.3, 0.4) is 0 Å². The molecule has 5 nitrogen and oxygen atoms in total. The number of aliphatic hydroxyl groups excluding tert-OH is 3. The number of rotatable bonds is 10. The van der Waals surface area contributed by atoms with Crippen molar-refractivity contribution in [1.82, 2.24) is 0 Å². The molecule has 1 rings (SSSR count). The van der Waals surface area contributed by atoms with Crippen LogP contribution in [0.1, 0.15) is 45.4 Å². The number of aliphatic hydroxyl groups is 3. The van der Waals surface area contributed by atoms with E-state index in [1.54, 1.807) is 0 Å². The minimum Gasteiger partial charge on any atom is -0.394 e.